The summed E-state index contributed by atoms with van der Waals surface area (Å²) < 4.78 is 5.80. The summed E-state index contributed by atoms with van der Waals surface area (Å²) in [7, 11) is 0. The first-order chi connectivity index (χ1) is 13.0. The summed E-state index contributed by atoms with van der Waals surface area (Å²) in [6, 6.07) is 7.80. The maximum Gasteiger partial charge on any atom is 0.119 e. The second-order valence-corrected chi connectivity index (χ2v) is 8.53. The molecule has 0 saturated carbocycles. The smallest absolute Gasteiger partial charge is 0.119 e. The molecule has 0 aromatic heterocycles. The van der Waals surface area contributed by atoms with Crippen LogP contribution in [0.3, 0.4) is 0 Å². The maximum atomic E-state index is 9.96. The van der Waals surface area contributed by atoms with Gasteiger partial charge in [0.15, 0.2) is 0 Å². The molecule has 0 fully saturated rings. The minimum atomic E-state index is -0.785. The van der Waals surface area contributed by atoms with Crippen LogP contribution in [0.2, 0.25) is 0 Å². The van der Waals surface area contributed by atoms with Crippen LogP contribution in [0.15, 0.2) is 24.3 Å². The molecule has 1 rings (SSSR count). The van der Waals surface area contributed by atoms with Gasteiger partial charge in [-0.15, -0.1) is 0 Å². The summed E-state index contributed by atoms with van der Waals surface area (Å²) in [5, 5.41) is 9.96. The molecule has 0 aliphatic carbocycles. The maximum absolute atomic E-state index is 9.96. The first-order valence-corrected chi connectivity index (χ1v) is 11.5. The van der Waals surface area contributed by atoms with Crippen LogP contribution in [0.5, 0.6) is 5.75 Å². The van der Waals surface area contributed by atoms with Gasteiger partial charge in [-0.1, -0.05) is 103 Å². The van der Waals surface area contributed by atoms with E-state index in [0.717, 1.165) is 24.3 Å². The molecule has 0 aliphatic rings. The molecule has 0 unspecified atom stereocenters. The molecular formula is C25H44O2. The van der Waals surface area contributed by atoms with Crippen molar-refractivity contribution in [2.24, 2.45) is 0 Å². The molecule has 0 radical (unpaired) electrons. The fourth-order valence-corrected chi connectivity index (χ4v) is 3.45. The molecule has 1 aromatic rings. The number of hydrogen-bond acceptors (Lipinski definition) is 2. The van der Waals surface area contributed by atoms with Crippen molar-refractivity contribution in [1.82, 2.24) is 0 Å². The van der Waals surface area contributed by atoms with Gasteiger partial charge in [0.25, 0.3) is 0 Å². The van der Waals surface area contributed by atoms with E-state index in [0.29, 0.717) is 0 Å². The van der Waals surface area contributed by atoms with Gasteiger partial charge in [-0.3, -0.25) is 0 Å². The number of hydrogen-bond donors (Lipinski definition) is 1. The summed E-state index contributed by atoms with van der Waals surface area (Å²) in [6.45, 7) is 6.68. The third-order valence-electron chi connectivity index (χ3n) is 5.33. The molecule has 2 nitrogen and oxygen atoms in total. The lowest BCUT2D eigenvalue weighted by atomic mass is 9.99. The molecule has 0 saturated heterocycles. The highest BCUT2D eigenvalue weighted by Gasteiger charge is 2.15. The Morgan fingerprint density at radius 2 is 1.07 bits per heavy atom. The van der Waals surface area contributed by atoms with Crippen LogP contribution in [0.1, 0.15) is 116 Å². The highest BCUT2D eigenvalue weighted by molar-refractivity contribution is 5.30. The zero-order chi connectivity index (χ0) is 19.8. The Morgan fingerprint density at radius 3 is 1.48 bits per heavy atom. The number of rotatable bonds is 17. The van der Waals surface area contributed by atoms with E-state index in [1.807, 2.05) is 24.3 Å². The van der Waals surface area contributed by atoms with Crippen molar-refractivity contribution in [2.45, 2.75) is 116 Å². The minimum Gasteiger partial charge on any atom is -0.494 e. The lowest BCUT2D eigenvalue weighted by Gasteiger charge is -2.17. The summed E-state index contributed by atoms with van der Waals surface area (Å²) >= 11 is 0. The van der Waals surface area contributed by atoms with Crippen molar-refractivity contribution in [3.63, 3.8) is 0 Å². The Labute approximate surface area is 168 Å². The Bertz CT molecular complexity index is 444. The molecule has 0 heterocycles. The van der Waals surface area contributed by atoms with Crippen molar-refractivity contribution in [3.05, 3.63) is 29.8 Å². The number of ether oxygens (including phenoxy) is 1. The molecule has 0 spiro atoms. The van der Waals surface area contributed by atoms with E-state index in [2.05, 4.69) is 6.92 Å². The first-order valence-electron chi connectivity index (χ1n) is 11.5. The quantitative estimate of drug-likeness (QED) is 0.281. The van der Waals surface area contributed by atoms with Crippen molar-refractivity contribution in [1.29, 1.82) is 0 Å². The number of unbranched alkanes of at least 4 members (excludes halogenated alkanes) is 13. The van der Waals surface area contributed by atoms with Gasteiger partial charge in [-0.05, 0) is 38.0 Å². The van der Waals surface area contributed by atoms with E-state index >= 15 is 0 Å². The van der Waals surface area contributed by atoms with Gasteiger partial charge in [0.1, 0.15) is 5.75 Å². The predicted molar refractivity (Wildman–Crippen MR) is 117 cm³/mol. The minimum absolute atomic E-state index is 0.785. The number of benzene rings is 1. The molecule has 0 bridgehead atoms. The Morgan fingerprint density at radius 1 is 0.667 bits per heavy atom. The van der Waals surface area contributed by atoms with E-state index in [4.69, 9.17) is 4.74 Å². The van der Waals surface area contributed by atoms with Gasteiger partial charge in [-0.2, -0.15) is 0 Å². The van der Waals surface area contributed by atoms with Gasteiger partial charge in [0.2, 0.25) is 0 Å². The standard InChI is InChI=1S/C25H44O2/c1-4-5-6-7-8-9-10-11-12-13-14-15-16-17-22-27-24-20-18-23(19-21-24)25(2,3)26/h18-21,26H,4-17,22H2,1-3H3. The molecule has 0 atom stereocenters. The molecule has 0 aliphatic heterocycles. The zero-order valence-corrected chi connectivity index (χ0v) is 18.3. The Kier molecular flexibility index (Phi) is 13.3. The average molecular weight is 377 g/mol. The molecule has 2 heteroatoms. The van der Waals surface area contributed by atoms with Crippen molar-refractivity contribution < 1.29 is 9.84 Å². The van der Waals surface area contributed by atoms with Gasteiger partial charge in [-0.25, -0.2) is 0 Å². The van der Waals surface area contributed by atoms with Crippen LogP contribution in [0.4, 0.5) is 0 Å². The summed E-state index contributed by atoms with van der Waals surface area (Å²) in [5.41, 5.74) is 0.138. The fraction of sp³-hybridized carbons (Fsp3) is 0.760. The lowest BCUT2D eigenvalue weighted by molar-refractivity contribution is 0.0785. The molecular weight excluding hydrogens is 332 g/mol. The van der Waals surface area contributed by atoms with Crippen LogP contribution in [0.25, 0.3) is 0 Å². The summed E-state index contributed by atoms with van der Waals surface area (Å²) in [4.78, 5) is 0. The zero-order valence-electron chi connectivity index (χ0n) is 18.3. The van der Waals surface area contributed by atoms with E-state index in [9.17, 15) is 5.11 Å². The molecule has 0 amide bonds. The van der Waals surface area contributed by atoms with E-state index < -0.39 is 5.60 Å². The van der Waals surface area contributed by atoms with Gasteiger partial charge in [0.05, 0.1) is 12.2 Å². The largest absolute Gasteiger partial charge is 0.494 e. The van der Waals surface area contributed by atoms with E-state index in [-0.39, 0.29) is 0 Å². The Balaban J connectivity index is 1.87. The van der Waals surface area contributed by atoms with Crippen LogP contribution in [0, 0.1) is 0 Å². The summed E-state index contributed by atoms with van der Waals surface area (Å²) in [6.07, 6.45) is 19.3. The van der Waals surface area contributed by atoms with Crippen molar-refractivity contribution in [2.75, 3.05) is 6.61 Å². The first kappa shape index (κ1) is 24.0. The third kappa shape index (κ3) is 12.9. The highest BCUT2D eigenvalue weighted by atomic mass is 16.5. The second-order valence-electron chi connectivity index (χ2n) is 8.53. The predicted octanol–water partition coefficient (Wildman–Crippen LogP) is 7.77. The second kappa shape index (κ2) is 15.0. The van der Waals surface area contributed by atoms with Gasteiger partial charge < -0.3 is 9.84 Å². The van der Waals surface area contributed by atoms with Gasteiger partial charge in [0, 0.05) is 0 Å². The molecule has 1 N–H and O–H groups in total. The normalized spacial score (nSPS) is 11.7. The van der Waals surface area contributed by atoms with Crippen molar-refractivity contribution in [3.8, 4) is 5.75 Å². The van der Waals surface area contributed by atoms with Crippen LogP contribution < -0.4 is 4.74 Å². The highest BCUT2D eigenvalue weighted by Crippen LogP contribution is 2.22. The fourth-order valence-electron chi connectivity index (χ4n) is 3.45. The van der Waals surface area contributed by atoms with Crippen molar-refractivity contribution >= 4 is 0 Å². The van der Waals surface area contributed by atoms with Crippen LogP contribution >= 0.6 is 0 Å². The van der Waals surface area contributed by atoms with Crippen LogP contribution in [-0.4, -0.2) is 11.7 Å². The van der Waals surface area contributed by atoms with E-state index in [1.165, 1.54) is 83.5 Å². The number of aliphatic hydroxyl groups is 1. The van der Waals surface area contributed by atoms with Crippen LogP contribution in [-0.2, 0) is 5.60 Å². The topological polar surface area (TPSA) is 29.5 Å². The van der Waals surface area contributed by atoms with Gasteiger partial charge >= 0.3 is 0 Å². The third-order valence-corrected chi connectivity index (χ3v) is 5.33. The summed E-state index contributed by atoms with van der Waals surface area (Å²) in [5.74, 6) is 0.901. The van der Waals surface area contributed by atoms with E-state index in [1.54, 1.807) is 13.8 Å². The molecule has 27 heavy (non-hydrogen) atoms. The molecule has 156 valence electrons. The molecule has 1 aromatic carbocycles. The SMILES string of the molecule is CCCCCCCCCCCCCCCCOc1ccc(C(C)(C)O)cc1. The Hall–Kier alpha value is -1.02. The lowest BCUT2D eigenvalue weighted by Crippen LogP contribution is -2.15. The monoisotopic (exact) mass is 376 g/mol. The average Bonchev–Trinajstić information content (AvgIpc) is 2.64.